The van der Waals surface area contributed by atoms with Gasteiger partial charge < -0.3 is 4.74 Å². The summed E-state index contributed by atoms with van der Waals surface area (Å²) in [6.07, 6.45) is 6.63. The zero-order valence-electron chi connectivity index (χ0n) is 15.7. The molecule has 26 heavy (non-hydrogen) atoms. The van der Waals surface area contributed by atoms with Gasteiger partial charge in [0.1, 0.15) is 5.75 Å². The normalized spacial score (nSPS) is 20.2. The van der Waals surface area contributed by atoms with Crippen LogP contribution in [-0.4, -0.2) is 6.61 Å². The minimum atomic E-state index is -0.734. The fourth-order valence-electron chi connectivity index (χ4n) is 4.17. The third kappa shape index (κ3) is 4.08. The topological polar surface area (TPSA) is 9.23 Å². The van der Waals surface area contributed by atoms with E-state index in [2.05, 4.69) is 6.92 Å². The number of hydrogen-bond acceptors (Lipinski definition) is 1. The standard InChI is InChI=1S/C23H28F2O/c1-3-5-16-6-8-17(9-7-16)20-14-15-21(23(25)22(20)24)18-10-12-19(13-11-18)26-4-2/h10-17H,3-9H2,1-2H3. The van der Waals surface area contributed by atoms with Gasteiger partial charge in [-0.1, -0.05) is 44.0 Å². The largest absolute Gasteiger partial charge is 0.494 e. The predicted molar refractivity (Wildman–Crippen MR) is 103 cm³/mol. The van der Waals surface area contributed by atoms with Crippen molar-refractivity contribution >= 4 is 0 Å². The van der Waals surface area contributed by atoms with Gasteiger partial charge in [-0.25, -0.2) is 8.78 Å². The molecule has 0 unspecified atom stereocenters. The van der Waals surface area contributed by atoms with Gasteiger partial charge in [0.05, 0.1) is 6.61 Å². The molecule has 2 aromatic carbocycles. The maximum atomic E-state index is 14.8. The summed E-state index contributed by atoms with van der Waals surface area (Å²) in [6, 6.07) is 10.6. The molecule has 0 atom stereocenters. The molecule has 1 aliphatic carbocycles. The number of hydrogen-bond donors (Lipinski definition) is 0. The number of rotatable bonds is 6. The Morgan fingerprint density at radius 2 is 1.58 bits per heavy atom. The van der Waals surface area contributed by atoms with Crippen molar-refractivity contribution in [2.45, 2.75) is 58.3 Å². The molecule has 0 N–H and O–H groups in total. The van der Waals surface area contributed by atoms with Gasteiger partial charge in [-0.15, -0.1) is 0 Å². The molecular weight excluding hydrogens is 330 g/mol. The summed E-state index contributed by atoms with van der Waals surface area (Å²) >= 11 is 0. The van der Waals surface area contributed by atoms with E-state index < -0.39 is 11.6 Å². The van der Waals surface area contributed by atoms with E-state index in [1.165, 1.54) is 12.8 Å². The molecule has 0 amide bonds. The first-order valence-electron chi connectivity index (χ1n) is 9.85. The Morgan fingerprint density at radius 3 is 2.19 bits per heavy atom. The lowest BCUT2D eigenvalue weighted by Gasteiger charge is -2.29. The Kier molecular flexibility index (Phi) is 6.29. The van der Waals surface area contributed by atoms with Gasteiger partial charge >= 0.3 is 0 Å². The Hall–Kier alpha value is -1.90. The summed E-state index contributed by atoms with van der Waals surface area (Å²) < 4.78 is 34.9. The molecule has 0 heterocycles. The lowest BCUT2D eigenvalue weighted by molar-refractivity contribution is 0.303. The minimum absolute atomic E-state index is 0.145. The summed E-state index contributed by atoms with van der Waals surface area (Å²) in [5, 5.41) is 0. The highest BCUT2D eigenvalue weighted by molar-refractivity contribution is 5.65. The van der Waals surface area contributed by atoms with Crippen LogP contribution in [0.25, 0.3) is 11.1 Å². The van der Waals surface area contributed by atoms with E-state index in [0.717, 1.165) is 37.4 Å². The zero-order valence-corrected chi connectivity index (χ0v) is 15.7. The van der Waals surface area contributed by atoms with Crippen molar-refractivity contribution in [2.24, 2.45) is 5.92 Å². The van der Waals surface area contributed by atoms with Gasteiger partial charge in [-0.3, -0.25) is 0 Å². The van der Waals surface area contributed by atoms with Crippen molar-refractivity contribution in [3.63, 3.8) is 0 Å². The summed E-state index contributed by atoms with van der Waals surface area (Å²) in [4.78, 5) is 0. The first kappa shape index (κ1) is 18.9. The van der Waals surface area contributed by atoms with E-state index in [0.29, 0.717) is 23.3 Å². The quantitative estimate of drug-likeness (QED) is 0.535. The Balaban J connectivity index is 1.78. The fraction of sp³-hybridized carbons (Fsp3) is 0.478. The molecule has 3 rings (SSSR count). The van der Waals surface area contributed by atoms with Crippen molar-refractivity contribution in [3.05, 3.63) is 53.6 Å². The maximum Gasteiger partial charge on any atom is 0.166 e. The summed E-state index contributed by atoms with van der Waals surface area (Å²) in [5.74, 6) is 0.231. The van der Waals surface area contributed by atoms with Crippen LogP contribution < -0.4 is 4.74 Å². The van der Waals surface area contributed by atoms with Crippen molar-refractivity contribution in [3.8, 4) is 16.9 Å². The van der Waals surface area contributed by atoms with Crippen LogP contribution in [0, 0.1) is 17.6 Å². The van der Waals surface area contributed by atoms with E-state index in [1.54, 1.807) is 36.4 Å². The molecule has 0 bridgehead atoms. The Morgan fingerprint density at radius 1 is 0.885 bits per heavy atom. The third-order valence-corrected chi connectivity index (χ3v) is 5.57. The predicted octanol–water partition coefficient (Wildman–Crippen LogP) is 7.10. The average molecular weight is 358 g/mol. The summed E-state index contributed by atoms with van der Waals surface area (Å²) in [6.45, 7) is 4.70. The van der Waals surface area contributed by atoms with Crippen LogP contribution in [0.4, 0.5) is 8.78 Å². The van der Waals surface area contributed by atoms with Gasteiger partial charge in [0.25, 0.3) is 0 Å². The molecule has 3 heteroatoms. The Bertz CT molecular complexity index is 716. The van der Waals surface area contributed by atoms with Crippen molar-refractivity contribution in [1.82, 2.24) is 0 Å². The van der Waals surface area contributed by atoms with Crippen LogP contribution in [-0.2, 0) is 0 Å². The molecule has 1 fully saturated rings. The van der Waals surface area contributed by atoms with Crippen LogP contribution >= 0.6 is 0 Å². The van der Waals surface area contributed by atoms with Crippen molar-refractivity contribution < 1.29 is 13.5 Å². The van der Waals surface area contributed by atoms with Crippen molar-refractivity contribution in [2.75, 3.05) is 6.61 Å². The molecule has 0 spiro atoms. The molecule has 0 saturated heterocycles. The van der Waals surface area contributed by atoms with Gasteiger partial charge in [-0.2, -0.15) is 0 Å². The first-order valence-corrected chi connectivity index (χ1v) is 9.85. The average Bonchev–Trinajstić information content (AvgIpc) is 2.66. The maximum absolute atomic E-state index is 14.8. The number of benzene rings is 2. The minimum Gasteiger partial charge on any atom is -0.494 e. The van der Waals surface area contributed by atoms with E-state index >= 15 is 0 Å². The molecular formula is C23H28F2O. The van der Waals surface area contributed by atoms with E-state index in [4.69, 9.17) is 4.74 Å². The molecule has 1 aliphatic rings. The second kappa shape index (κ2) is 8.66. The lowest BCUT2D eigenvalue weighted by Crippen LogP contribution is -2.14. The highest BCUT2D eigenvalue weighted by Gasteiger charge is 2.26. The highest BCUT2D eigenvalue weighted by atomic mass is 19.2. The van der Waals surface area contributed by atoms with Crippen LogP contribution in [0.1, 0.15) is 63.9 Å². The second-order valence-corrected chi connectivity index (χ2v) is 7.29. The van der Waals surface area contributed by atoms with E-state index in [1.807, 2.05) is 6.92 Å². The fourth-order valence-corrected chi connectivity index (χ4v) is 4.17. The number of ether oxygens (including phenoxy) is 1. The van der Waals surface area contributed by atoms with Crippen molar-refractivity contribution in [1.29, 1.82) is 0 Å². The molecule has 1 saturated carbocycles. The lowest BCUT2D eigenvalue weighted by atomic mass is 9.77. The second-order valence-electron chi connectivity index (χ2n) is 7.29. The molecule has 0 aromatic heterocycles. The Labute approximate surface area is 155 Å². The van der Waals surface area contributed by atoms with E-state index in [-0.39, 0.29) is 5.92 Å². The highest BCUT2D eigenvalue weighted by Crippen LogP contribution is 2.40. The third-order valence-electron chi connectivity index (χ3n) is 5.57. The molecule has 140 valence electrons. The van der Waals surface area contributed by atoms with Gasteiger partial charge in [0.2, 0.25) is 0 Å². The van der Waals surface area contributed by atoms with Crippen LogP contribution in [0.3, 0.4) is 0 Å². The molecule has 0 radical (unpaired) electrons. The van der Waals surface area contributed by atoms with Crippen LogP contribution in [0.5, 0.6) is 5.75 Å². The summed E-state index contributed by atoms with van der Waals surface area (Å²) in [7, 11) is 0. The zero-order chi connectivity index (χ0) is 18.5. The van der Waals surface area contributed by atoms with Gasteiger partial charge in [0, 0.05) is 5.56 Å². The first-order chi connectivity index (χ1) is 12.6. The van der Waals surface area contributed by atoms with Gasteiger partial charge in [-0.05, 0) is 67.7 Å². The monoisotopic (exact) mass is 358 g/mol. The molecule has 0 aliphatic heterocycles. The van der Waals surface area contributed by atoms with Crippen LogP contribution in [0.15, 0.2) is 36.4 Å². The van der Waals surface area contributed by atoms with Crippen LogP contribution in [0.2, 0.25) is 0 Å². The van der Waals surface area contributed by atoms with E-state index in [9.17, 15) is 8.78 Å². The summed E-state index contributed by atoms with van der Waals surface area (Å²) in [5.41, 5.74) is 1.53. The molecule has 2 aromatic rings. The smallest absolute Gasteiger partial charge is 0.166 e. The van der Waals surface area contributed by atoms with Gasteiger partial charge in [0.15, 0.2) is 11.6 Å². The molecule has 1 nitrogen and oxygen atoms in total. The number of halogens is 2. The SMILES string of the molecule is CCCC1CCC(c2ccc(-c3ccc(OCC)cc3)c(F)c2F)CC1.